The molecule has 0 aliphatic rings. The van der Waals surface area contributed by atoms with Crippen molar-refractivity contribution in [3.63, 3.8) is 0 Å². The van der Waals surface area contributed by atoms with Crippen molar-refractivity contribution in [2.45, 2.75) is 54.9 Å². The van der Waals surface area contributed by atoms with Crippen molar-refractivity contribution in [1.82, 2.24) is 0 Å². The fraction of sp³-hybridized carbons (Fsp3) is 0.379. The van der Waals surface area contributed by atoms with Gasteiger partial charge in [-0.2, -0.15) is 0 Å². The second kappa shape index (κ2) is 14.9. The lowest BCUT2D eigenvalue weighted by Gasteiger charge is -2.22. The maximum atomic E-state index is 5.15. The van der Waals surface area contributed by atoms with Crippen LogP contribution in [0.1, 0.15) is 45.6 Å². The van der Waals surface area contributed by atoms with Crippen LogP contribution in [-0.2, 0) is 4.74 Å². The van der Waals surface area contributed by atoms with E-state index in [2.05, 4.69) is 99.1 Å². The lowest BCUT2D eigenvalue weighted by atomic mass is 10.1. The van der Waals surface area contributed by atoms with Gasteiger partial charge in [0, 0.05) is 35.4 Å². The molecule has 0 aliphatic heterocycles. The molecule has 0 radical (unpaired) electrons. The van der Waals surface area contributed by atoms with Gasteiger partial charge >= 0.3 is 0 Å². The monoisotopic (exact) mass is 462 g/mol. The fourth-order valence-corrected chi connectivity index (χ4v) is 4.60. The Labute approximate surface area is 203 Å². The summed E-state index contributed by atoms with van der Waals surface area (Å²) in [5, 5.41) is 0.0399. The zero-order chi connectivity index (χ0) is 23.1. The normalized spacial score (nSPS) is 12.3. The van der Waals surface area contributed by atoms with Gasteiger partial charge in [-0.05, 0) is 36.6 Å². The molecule has 3 heteroatoms. The van der Waals surface area contributed by atoms with Crippen molar-refractivity contribution in [3.8, 4) is 23.7 Å². The first-order valence-corrected chi connectivity index (χ1v) is 12.9. The minimum absolute atomic E-state index is 0.0399. The van der Waals surface area contributed by atoms with Gasteiger partial charge in [-0.3, -0.25) is 0 Å². The molecular weight excluding hydrogens is 428 g/mol. The summed E-state index contributed by atoms with van der Waals surface area (Å²) in [6.45, 7) is 7.51. The van der Waals surface area contributed by atoms with E-state index < -0.39 is 0 Å². The topological polar surface area (TPSA) is 9.23 Å². The number of ether oxygens (including phenoxy) is 1. The molecule has 0 fully saturated rings. The Hall–Kier alpha value is -2.04. The van der Waals surface area contributed by atoms with Gasteiger partial charge in [0.05, 0.1) is 11.0 Å². The molecule has 2 aromatic carbocycles. The highest BCUT2D eigenvalue weighted by atomic mass is 32.2. The largest absolute Gasteiger partial charge is 0.385 e. The third-order valence-corrected chi connectivity index (χ3v) is 6.50. The first-order chi connectivity index (χ1) is 15.5. The second-order valence-corrected chi connectivity index (χ2v) is 11.3. The fourth-order valence-electron chi connectivity index (χ4n) is 2.83. The van der Waals surface area contributed by atoms with E-state index in [1.807, 2.05) is 23.9 Å². The summed E-state index contributed by atoms with van der Waals surface area (Å²) in [7, 11) is 1.75. The smallest absolute Gasteiger partial charge is 0.0989 e. The molecule has 1 unspecified atom stereocenters. The van der Waals surface area contributed by atoms with E-state index in [1.54, 1.807) is 18.9 Å². The van der Waals surface area contributed by atoms with Gasteiger partial charge < -0.3 is 4.74 Å². The number of hydrogen-bond acceptors (Lipinski definition) is 3. The van der Waals surface area contributed by atoms with Crippen LogP contribution in [0.4, 0.5) is 0 Å². The van der Waals surface area contributed by atoms with Crippen LogP contribution in [0.5, 0.6) is 0 Å². The molecule has 2 rings (SSSR count). The molecule has 0 saturated carbocycles. The standard InChI is InChI=1S/C29H34OS2/c1-29(2,3)32-28(21-15-23-31-27-19-12-8-13-20-27)26(18-11-5-6-14-22-30-4)24-25-16-9-7-10-17-25/h7-10,12-13,16-17,19-20,24,28H,5-6,14,22-23H2,1-4H3/b26-24+. The summed E-state index contributed by atoms with van der Waals surface area (Å²) in [5.41, 5.74) is 2.25. The Morgan fingerprint density at radius 1 is 0.969 bits per heavy atom. The maximum Gasteiger partial charge on any atom is 0.0989 e. The number of unbranched alkanes of at least 4 members (excludes halogenated alkanes) is 2. The molecule has 32 heavy (non-hydrogen) atoms. The molecule has 1 atom stereocenters. The van der Waals surface area contributed by atoms with E-state index >= 15 is 0 Å². The van der Waals surface area contributed by atoms with Crippen molar-refractivity contribution >= 4 is 29.6 Å². The Bertz CT molecular complexity index is 935. The highest BCUT2D eigenvalue weighted by molar-refractivity contribution is 8.01. The van der Waals surface area contributed by atoms with Gasteiger partial charge in [0.15, 0.2) is 0 Å². The van der Waals surface area contributed by atoms with Crippen LogP contribution >= 0.6 is 23.5 Å². The molecule has 0 saturated heterocycles. The summed E-state index contributed by atoms with van der Waals surface area (Å²) in [6, 6.07) is 20.8. The van der Waals surface area contributed by atoms with Gasteiger partial charge in [0.2, 0.25) is 0 Å². The van der Waals surface area contributed by atoms with E-state index in [0.717, 1.165) is 42.8 Å². The lowest BCUT2D eigenvalue weighted by molar-refractivity contribution is 0.193. The van der Waals surface area contributed by atoms with Crippen LogP contribution in [0.15, 0.2) is 71.1 Å². The average molecular weight is 463 g/mol. The van der Waals surface area contributed by atoms with E-state index in [9.17, 15) is 0 Å². The SMILES string of the molecule is COCCCCC#C/C(=C\c1ccccc1)C(C#CCSc1ccccc1)SC(C)(C)C. The summed E-state index contributed by atoms with van der Waals surface area (Å²) in [4.78, 5) is 1.25. The first kappa shape index (κ1) is 26.2. The Kier molecular flexibility index (Phi) is 12.2. The number of benzene rings is 2. The lowest BCUT2D eigenvalue weighted by Crippen LogP contribution is -2.16. The Balaban J connectivity index is 2.22. The number of rotatable bonds is 9. The molecular formula is C29H34OS2. The molecule has 168 valence electrons. The number of thioether (sulfide) groups is 2. The van der Waals surface area contributed by atoms with Gasteiger partial charge in [-0.25, -0.2) is 0 Å². The molecule has 0 bridgehead atoms. The second-order valence-electron chi connectivity index (χ2n) is 8.30. The van der Waals surface area contributed by atoms with Crippen molar-refractivity contribution in [2.75, 3.05) is 19.5 Å². The molecule has 0 N–H and O–H groups in total. The van der Waals surface area contributed by atoms with Crippen LogP contribution in [0.3, 0.4) is 0 Å². The highest BCUT2D eigenvalue weighted by Gasteiger charge is 2.20. The molecule has 0 spiro atoms. The van der Waals surface area contributed by atoms with Gasteiger partial charge in [-0.15, -0.1) is 23.5 Å². The molecule has 2 aromatic rings. The Morgan fingerprint density at radius 3 is 2.31 bits per heavy atom. The zero-order valence-electron chi connectivity index (χ0n) is 19.7. The maximum absolute atomic E-state index is 5.15. The Morgan fingerprint density at radius 2 is 1.66 bits per heavy atom. The van der Waals surface area contributed by atoms with Crippen LogP contribution < -0.4 is 0 Å². The molecule has 0 aromatic heterocycles. The number of methoxy groups -OCH3 is 1. The molecule has 1 nitrogen and oxygen atoms in total. The van der Waals surface area contributed by atoms with Gasteiger partial charge in [0.1, 0.15) is 0 Å². The van der Waals surface area contributed by atoms with E-state index in [0.29, 0.717) is 0 Å². The van der Waals surface area contributed by atoms with Crippen LogP contribution in [0.2, 0.25) is 0 Å². The van der Waals surface area contributed by atoms with Crippen molar-refractivity contribution in [3.05, 3.63) is 71.8 Å². The molecule has 0 heterocycles. The summed E-state index contributed by atoms with van der Waals surface area (Å²) < 4.78 is 5.23. The van der Waals surface area contributed by atoms with Gasteiger partial charge in [0.25, 0.3) is 0 Å². The minimum atomic E-state index is 0.0399. The predicted octanol–water partition coefficient (Wildman–Crippen LogP) is 7.59. The predicted molar refractivity (Wildman–Crippen MR) is 144 cm³/mol. The third kappa shape index (κ3) is 11.5. The van der Waals surface area contributed by atoms with Crippen LogP contribution in [-0.4, -0.2) is 29.5 Å². The van der Waals surface area contributed by atoms with E-state index in [4.69, 9.17) is 4.74 Å². The minimum Gasteiger partial charge on any atom is -0.385 e. The zero-order valence-corrected chi connectivity index (χ0v) is 21.3. The average Bonchev–Trinajstić information content (AvgIpc) is 2.78. The van der Waals surface area contributed by atoms with Crippen molar-refractivity contribution in [2.24, 2.45) is 0 Å². The van der Waals surface area contributed by atoms with Gasteiger partial charge in [-0.1, -0.05) is 93.0 Å². The quantitative estimate of drug-likeness (QED) is 0.216. The van der Waals surface area contributed by atoms with Crippen LogP contribution in [0, 0.1) is 23.7 Å². The summed E-state index contributed by atoms with van der Waals surface area (Å²) in [5.74, 6) is 14.6. The first-order valence-electron chi connectivity index (χ1n) is 11.1. The van der Waals surface area contributed by atoms with Crippen molar-refractivity contribution in [1.29, 1.82) is 0 Å². The highest BCUT2D eigenvalue weighted by Crippen LogP contribution is 2.32. The molecule has 0 aliphatic carbocycles. The third-order valence-electron chi connectivity index (χ3n) is 4.30. The summed E-state index contributed by atoms with van der Waals surface area (Å²) in [6.07, 6.45) is 5.17. The van der Waals surface area contributed by atoms with E-state index in [1.165, 1.54) is 4.90 Å². The van der Waals surface area contributed by atoms with Crippen LogP contribution in [0.25, 0.3) is 6.08 Å². The summed E-state index contributed by atoms with van der Waals surface area (Å²) >= 11 is 3.65. The van der Waals surface area contributed by atoms with Crippen molar-refractivity contribution < 1.29 is 4.74 Å². The number of hydrogen-bond donors (Lipinski definition) is 0. The molecule has 0 amide bonds. The van der Waals surface area contributed by atoms with E-state index in [-0.39, 0.29) is 10.00 Å².